The number of ether oxygens (including phenoxy) is 2. The molecule has 0 spiro atoms. The number of aryl methyl sites for hydroxylation is 1. The van der Waals surface area contributed by atoms with Crippen molar-refractivity contribution in [1.82, 2.24) is 4.31 Å². The van der Waals surface area contributed by atoms with E-state index >= 15 is 0 Å². The van der Waals surface area contributed by atoms with Gasteiger partial charge in [-0.3, -0.25) is 4.79 Å². The first-order valence-electron chi connectivity index (χ1n) is 10.8. The summed E-state index contributed by atoms with van der Waals surface area (Å²) in [7, 11) is -0.806. The van der Waals surface area contributed by atoms with Crippen LogP contribution in [-0.2, 0) is 14.8 Å². The Bertz CT molecular complexity index is 1390. The van der Waals surface area contributed by atoms with Gasteiger partial charge in [-0.15, -0.1) is 0 Å². The van der Waals surface area contributed by atoms with Gasteiger partial charge in [0.05, 0.1) is 19.1 Å². The van der Waals surface area contributed by atoms with E-state index in [1.807, 2.05) is 6.92 Å². The van der Waals surface area contributed by atoms with E-state index in [4.69, 9.17) is 13.9 Å². The van der Waals surface area contributed by atoms with Gasteiger partial charge in [-0.2, -0.15) is 4.31 Å². The topological polar surface area (TPSA) is 115 Å². The third-order valence-corrected chi connectivity index (χ3v) is 7.93. The average molecular weight is 487 g/mol. The third kappa shape index (κ3) is 4.64. The van der Waals surface area contributed by atoms with E-state index in [1.54, 1.807) is 24.3 Å². The summed E-state index contributed by atoms with van der Waals surface area (Å²) in [5.41, 5.74) is 1.27. The van der Waals surface area contributed by atoms with Crippen LogP contribution in [0, 0.1) is 12.8 Å². The van der Waals surface area contributed by atoms with Crippen molar-refractivity contribution in [1.29, 1.82) is 0 Å². The molecule has 1 aromatic heterocycles. The van der Waals surface area contributed by atoms with Crippen molar-refractivity contribution in [2.45, 2.75) is 24.7 Å². The summed E-state index contributed by atoms with van der Waals surface area (Å²) in [6, 6.07) is 11.1. The van der Waals surface area contributed by atoms with Gasteiger partial charge in [0, 0.05) is 48.3 Å². The number of hydrogen-bond acceptors (Lipinski definition) is 7. The van der Waals surface area contributed by atoms with Crippen LogP contribution < -0.4 is 20.4 Å². The number of benzene rings is 2. The highest BCUT2D eigenvalue weighted by molar-refractivity contribution is 7.89. The molecule has 4 rings (SSSR count). The van der Waals surface area contributed by atoms with Gasteiger partial charge in [0.15, 0.2) is 11.5 Å². The number of methoxy groups -OCH3 is 2. The lowest BCUT2D eigenvalue weighted by Gasteiger charge is -2.30. The Kier molecular flexibility index (Phi) is 6.63. The Labute approximate surface area is 197 Å². The molecule has 0 unspecified atom stereocenters. The smallest absolute Gasteiger partial charge is 0.336 e. The number of rotatable bonds is 6. The highest BCUT2D eigenvalue weighted by Crippen LogP contribution is 2.32. The summed E-state index contributed by atoms with van der Waals surface area (Å²) in [5.74, 6) is 0.244. The maximum atomic E-state index is 13.1. The Hall–Kier alpha value is -3.37. The average Bonchev–Trinajstić information content (AvgIpc) is 2.83. The maximum Gasteiger partial charge on any atom is 0.336 e. The Morgan fingerprint density at radius 1 is 1.03 bits per heavy atom. The Morgan fingerprint density at radius 2 is 1.74 bits per heavy atom. The zero-order chi connectivity index (χ0) is 24.5. The van der Waals surface area contributed by atoms with Crippen LogP contribution in [0.1, 0.15) is 18.4 Å². The zero-order valence-corrected chi connectivity index (χ0v) is 20.0. The van der Waals surface area contributed by atoms with E-state index in [2.05, 4.69) is 5.32 Å². The summed E-state index contributed by atoms with van der Waals surface area (Å²) in [4.78, 5) is 24.6. The molecule has 1 fully saturated rings. The van der Waals surface area contributed by atoms with Gasteiger partial charge in [-0.05, 0) is 49.6 Å². The Morgan fingerprint density at radius 3 is 2.41 bits per heavy atom. The van der Waals surface area contributed by atoms with E-state index < -0.39 is 15.6 Å². The minimum Gasteiger partial charge on any atom is -0.493 e. The number of nitrogens with one attached hydrogen (secondary N) is 1. The first-order valence-corrected chi connectivity index (χ1v) is 12.2. The number of sulfonamides is 1. The van der Waals surface area contributed by atoms with Crippen molar-refractivity contribution in [2.75, 3.05) is 32.6 Å². The normalized spacial score (nSPS) is 15.3. The molecule has 1 aliphatic rings. The van der Waals surface area contributed by atoms with Crippen LogP contribution >= 0.6 is 0 Å². The zero-order valence-electron chi connectivity index (χ0n) is 19.2. The predicted molar refractivity (Wildman–Crippen MR) is 127 cm³/mol. The van der Waals surface area contributed by atoms with E-state index in [1.165, 1.54) is 36.7 Å². The fraction of sp³-hybridized carbons (Fsp3) is 0.333. The highest BCUT2D eigenvalue weighted by Gasteiger charge is 2.32. The van der Waals surface area contributed by atoms with Crippen LogP contribution in [0.3, 0.4) is 0 Å². The molecule has 10 heteroatoms. The van der Waals surface area contributed by atoms with Crippen molar-refractivity contribution in [3.63, 3.8) is 0 Å². The van der Waals surface area contributed by atoms with Crippen molar-refractivity contribution < 1.29 is 27.1 Å². The molecule has 9 nitrogen and oxygen atoms in total. The molecule has 34 heavy (non-hydrogen) atoms. The van der Waals surface area contributed by atoms with Crippen LogP contribution in [0.15, 0.2) is 56.6 Å². The summed E-state index contributed by atoms with van der Waals surface area (Å²) in [6.45, 7) is 2.27. The molecular formula is C24H26N2O7S. The lowest BCUT2D eigenvalue weighted by molar-refractivity contribution is -0.120. The highest BCUT2D eigenvalue weighted by atomic mass is 32.2. The number of carbonyl (C=O) groups excluding carboxylic acids is 1. The first-order chi connectivity index (χ1) is 16.2. The molecular weight excluding hydrogens is 460 g/mol. The Balaban J connectivity index is 1.43. The van der Waals surface area contributed by atoms with Crippen LogP contribution in [-0.4, -0.2) is 45.9 Å². The third-order valence-electron chi connectivity index (χ3n) is 6.04. The SMILES string of the molecule is COc1ccc(S(=O)(=O)N2CCC(C(=O)Nc3ccc4c(C)cc(=O)oc4c3)CC2)cc1OC. The number of carbonyl (C=O) groups is 1. The van der Waals surface area contributed by atoms with Gasteiger partial charge in [0.2, 0.25) is 15.9 Å². The fourth-order valence-corrected chi connectivity index (χ4v) is 5.62. The number of piperidine rings is 1. The number of nitrogens with zero attached hydrogens (tertiary/aromatic N) is 1. The molecule has 1 amide bonds. The van der Waals surface area contributed by atoms with Gasteiger partial charge in [0.25, 0.3) is 0 Å². The maximum absolute atomic E-state index is 13.1. The van der Waals surface area contributed by atoms with Gasteiger partial charge >= 0.3 is 5.63 Å². The quantitative estimate of drug-likeness (QED) is 0.532. The first kappa shape index (κ1) is 23.8. The van der Waals surface area contributed by atoms with Crippen molar-refractivity contribution in [3.8, 4) is 11.5 Å². The van der Waals surface area contributed by atoms with Crippen LogP contribution in [0.5, 0.6) is 11.5 Å². The molecule has 0 bridgehead atoms. The standard InChI is InChI=1S/C24H26N2O7S/c1-15-12-23(27)33-21-13-17(4-6-19(15)21)25-24(28)16-8-10-26(11-9-16)34(29,30)18-5-7-20(31-2)22(14-18)32-3/h4-7,12-14,16H,8-11H2,1-3H3,(H,25,28). The van der Waals surface area contributed by atoms with E-state index in [9.17, 15) is 18.0 Å². The van der Waals surface area contributed by atoms with E-state index in [-0.39, 0.29) is 29.8 Å². The molecule has 0 aliphatic carbocycles. The van der Waals surface area contributed by atoms with Crippen LogP contribution in [0.25, 0.3) is 11.0 Å². The lowest BCUT2D eigenvalue weighted by Crippen LogP contribution is -2.41. The van der Waals surface area contributed by atoms with Crippen LogP contribution in [0.2, 0.25) is 0 Å². The van der Waals surface area contributed by atoms with Gasteiger partial charge in [0.1, 0.15) is 5.58 Å². The largest absolute Gasteiger partial charge is 0.493 e. The molecule has 2 aromatic carbocycles. The monoisotopic (exact) mass is 486 g/mol. The number of hydrogen-bond donors (Lipinski definition) is 1. The molecule has 1 N–H and O–H groups in total. The second kappa shape index (κ2) is 9.47. The molecule has 0 radical (unpaired) electrons. The number of fused-ring (bicyclic) bond motifs is 1. The predicted octanol–water partition coefficient (Wildman–Crippen LogP) is 3.16. The summed E-state index contributed by atoms with van der Waals surface area (Å²) >= 11 is 0. The van der Waals surface area contributed by atoms with Gasteiger partial charge in [-0.25, -0.2) is 13.2 Å². The van der Waals surface area contributed by atoms with Gasteiger partial charge in [-0.1, -0.05) is 0 Å². The number of amides is 1. The summed E-state index contributed by atoms with van der Waals surface area (Å²) in [5, 5.41) is 3.65. The van der Waals surface area contributed by atoms with Crippen molar-refractivity contribution >= 4 is 32.6 Å². The second-order valence-corrected chi connectivity index (χ2v) is 10.1. The minimum absolute atomic E-state index is 0.112. The summed E-state index contributed by atoms with van der Waals surface area (Å²) in [6.07, 6.45) is 0.778. The minimum atomic E-state index is -3.74. The van der Waals surface area contributed by atoms with Crippen molar-refractivity contribution in [2.24, 2.45) is 5.92 Å². The molecule has 180 valence electrons. The number of anilines is 1. The summed E-state index contributed by atoms with van der Waals surface area (Å²) < 4.78 is 43.2. The molecule has 1 aliphatic heterocycles. The molecule has 2 heterocycles. The second-order valence-electron chi connectivity index (χ2n) is 8.14. The molecule has 0 atom stereocenters. The molecule has 3 aromatic rings. The van der Waals surface area contributed by atoms with E-state index in [0.29, 0.717) is 35.6 Å². The van der Waals surface area contributed by atoms with Crippen molar-refractivity contribution in [3.05, 3.63) is 58.4 Å². The van der Waals surface area contributed by atoms with E-state index in [0.717, 1.165) is 10.9 Å². The van der Waals surface area contributed by atoms with Crippen LogP contribution in [0.4, 0.5) is 5.69 Å². The van der Waals surface area contributed by atoms with Gasteiger partial charge < -0.3 is 19.2 Å². The lowest BCUT2D eigenvalue weighted by atomic mass is 9.97. The molecule has 0 saturated carbocycles. The fourth-order valence-electron chi connectivity index (χ4n) is 4.13. The molecule has 1 saturated heterocycles.